The zero-order chi connectivity index (χ0) is 14.4. The number of halogens is 1. The Morgan fingerprint density at radius 1 is 1.35 bits per heavy atom. The lowest BCUT2D eigenvalue weighted by atomic mass is 9.99. The minimum absolute atomic E-state index is 0.218. The van der Waals surface area contributed by atoms with Gasteiger partial charge in [0.1, 0.15) is 5.75 Å². The maximum absolute atomic E-state index is 5.51. The summed E-state index contributed by atoms with van der Waals surface area (Å²) in [5, 5.41) is 3.58. The average molecular weight is 338 g/mol. The number of hydrogen-bond donors (Lipinski definition) is 1. The molecule has 1 atom stereocenters. The van der Waals surface area contributed by atoms with Crippen molar-refractivity contribution < 1.29 is 9.15 Å². The number of rotatable bonds is 7. The second-order valence-electron chi connectivity index (χ2n) is 4.73. The molecule has 0 saturated carbocycles. The van der Waals surface area contributed by atoms with Crippen molar-refractivity contribution in [2.45, 2.75) is 25.8 Å². The molecule has 20 heavy (non-hydrogen) atoms. The summed E-state index contributed by atoms with van der Waals surface area (Å²) in [4.78, 5) is 0. The molecule has 0 saturated heterocycles. The second kappa shape index (κ2) is 7.50. The Bertz CT molecular complexity index is 525. The fraction of sp³-hybridized carbons (Fsp3) is 0.375. The summed E-state index contributed by atoms with van der Waals surface area (Å²) in [6, 6.07) is 8.39. The van der Waals surface area contributed by atoms with Gasteiger partial charge in [0.2, 0.25) is 0 Å². The van der Waals surface area contributed by atoms with Crippen LogP contribution in [-0.4, -0.2) is 13.7 Å². The largest absolute Gasteiger partial charge is 0.496 e. The average Bonchev–Trinajstić information content (AvgIpc) is 2.96. The van der Waals surface area contributed by atoms with E-state index >= 15 is 0 Å². The number of benzene rings is 1. The maximum atomic E-state index is 5.51. The first kappa shape index (κ1) is 15.1. The molecule has 0 aliphatic carbocycles. The van der Waals surface area contributed by atoms with Crippen molar-refractivity contribution in [2.24, 2.45) is 0 Å². The molecule has 2 rings (SSSR count). The van der Waals surface area contributed by atoms with E-state index in [1.807, 2.05) is 18.2 Å². The van der Waals surface area contributed by atoms with Gasteiger partial charge in [-0.25, -0.2) is 0 Å². The zero-order valence-electron chi connectivity index (χ0n) is 11.9. The number of nitrogens with one attached hydrogen (secondary N) is 1. The van der Waals surface area contributed by atoms with Gasteiger partial charge in [-0.3, -0.25) is 0 Å². The number of methoxy groups -OCH3 is 1. The Morgan fingerprint density at radius 3 is 2.85 bits per heavy atom. The molecule has 4 heteroatoms. The van der Waals surface area contributed by atoms with E-state index in [9.17, 15) is 0 Å². The molecule has 1 N–H and O–H groups in total. The third-order valence-corrected chi connectivity index (χ3v) is 3.72. The Morgan fingerprint density at radius 2 is 2.20 bits per heavy atom. The van der Waals surface area contributed by atoms with Gasteiger partial charge in [0.25, 0.3) is 0 Å². The van der Waals surface area contributed by atoms with E-state index in [1.54, 1.807) is 19.6 Å². The smallest absolute Gasteiger partial charge is 0.124 e. The summed E-state index contributed by atoms with van der Waals surface area (Å²) in [6.45, 7) is 3.14. The van der Waals surface area contributed by atoms with E-state index in [2.05, 4.69) is 34.2 Å². The highest BCUT2D eigenvalue weighted by Gasteiger charge is 2.17. The SMILES string of the molecule is CCCNC(Cc1ccoc1)c1ccc(Br)cc1OC. The number of hydrogen-bond acceptors (Lipinski definition) is 3. The lowest BCUT2D eigenvalue weighted by molar-refractivity contribution is 0.397. The molecule has 3 nitrogen and oxygen atoms in total. The van der Waals surface area contributed by atoms with E-state index in [0.717, 1.165) is 29.6 Å². The molecule has 108 valence electrons. The summed E-state index contributed by atoms with van der Waals surface area (Å²) in [5.41, 5.74) is 2.36. The minimum atomic E-state index is 0.218. The van der Waals surface area contributed by atoms with Gasteiger partial charge in [0.05, 0.1) is 19.6 Å². The van der Waals surface area contributed by atoms with E-state index < -0.39 is 0 Å². The lowest BCUT2D eigenvalue weighted by Crippen LogP contribution is -2.24. The molecule has 0 fully saturated rings. The molecule has 1 heterocycles. The van der Waals surface area contributed by atoms with Crippen LogP contribution in [0.4, 0.5) is 0 Å². The van der Waals surface area contributed by atoms with Crippen LogP contribution in [-0.2, 0) is 6.42 Å². The Balaban J connectivity index is 2.25. The van der Waals surface area contributed by atoms with Crippen LogP contribution in [0.3, 0.4) is 0 Å². The standard InChI is InChI=1S/C16H20BrNO2/c1-3-7-18-15(9-12-6-8-20-11-12)14-5-4-13(17)10-16(14)19-2/h4-6,8,10-11,15,18H,3,7,9H2,1-2H3. The topological polar surface area (TPSA) is 34.4 Å². The fourth-order valence-electron chi connectivity index (χ4n) is 2.23. The Labute approximate surface area is 128 Å². The molecule has 1 aromatic heterocycles. The highest BCUT2D eigenvalue weighted by Crippen LogP contribution is 2.30. The Hall–Kier alpha value is -1.26. The van der Waals surface area contributed by atoms with Crippen molar-refractivity contribution in [3.63, 3.8) is 0 Å². The summed E-state index contributed by atoms with van der Waals surface area (Å²) < 4.78 is 11.7. The van der Waals surface area contributed by atoms with Crippen molar-refractivity contribution in [1.82, 2.24) is 5.32 Å². The lowest BCUT2D eigenvalue weighted by Gasteiger charge is -2.21. The third kappa shape index (κ3) is 3.87. The summed E-state index contributed by atoms with van der Waals surface area (Å²) >= 11 is 3.48. The summed E-state index contributed by atoms with van der Waals surface area (Å²) in [6.07, 6.45) is 5.49. The fourth-order valence-corrected chi connectivity index (χ4v) is 2.57. The van der Waals surface area contributed by atoms with Crippen LogP contribution in [0.5, 0.6) is 5.75 Å². The summed E-state index contributed by atoms with van der Waals surface area (Å²) in [5.74, 6) is 0.900. The van der Waals surface area contributed by atoms with E-state index in [0.29, 0.717) is 0 Å². The predicted molar refractivity (Wildman–Crippen MR) is 84.1 cm³/mol. The highest BCUT2D eigenvalue weighted by atomic mass is 79.9. The molecule has 0 aliphatic rings. The molecular weight excluding hydrogens is 318 g/mol. The van der Waals surface area contributed by atoms with Gasteiger partial charge in [-0.2, -0.15) is 0 Å². The van der Waals surface area contributed by atoms with Crippen LogP contribution in [0.25, 0.3) is 0 Å². The molecule has 0 amide bonds. The van der Waals surface area contributed by atoms with Crippen molar-refractivity contribution in [1.29, 1.82) is 0 Å². The van der Waals surface area contributed by atoms with Crippen LogP contribution in [0.15, 0.2) is 45.7 Å². The molecule has 0 aliphatic heterocycles. The molecule has 1 aromatic carbocycles. The van der Waals surface area contributed by atoms with E-state index in [-0.39, 0.29) is 6.04 Å². The zero-order valence-corrected chi connectivity index (χ0v) is 13.4. The van der Waals surface area contributed by atoms with Crippen molar-refractivity contribution in [3.8, 4) is 5.75 Å². The third-order valence-electron chi connectivity index (χ3n) is 3.23. The predicted octanol–water partition coefficient (Wildman–Crippen LogP) is 4.33. The first-order valence-electron chi connectivity index (χ1n) is 6.82. The molecule has 0 bridgehead atoms. The molecule has 1 unspecified atom stereocenters. The molecule has 0 spiro atoms. The van der Waals surface area contributed by atoms with Crippen LogP contribution < -0.4 is 10.1 Å². The molecular formula is C16H20BrNO2. The van der Waals surface area contributed by atoms with Crippen LogP contribution >= 0.6 is 15.9 Å². The van der Waals surface area contributed by atoms with Crippen LogP contribution in [0.2, 0.25) is 0 Å². The molecule has 2 aromatic rings. The van der Waals surface area contributed by atoms with Gasteiger partial charge < -0.3 is 14.5 Å². The van der Waals surface area contributed by atoms with Crippen molar-refractivity contribution >= 4 is 15.9 Å². The maximum Gasteiger partial charge on any atom is 0.124 e. The van der Waals surface area contributed by atoms with Crippen molar-refractivity contribution in [3.05, 3.63) is 52.4 Å². The van der Waals surface area contributed by atoms with Crippen LogP contribution in [0.1, 0.15) is 30.5 Å². The second-order valence-corrected chi connectivity index (χ2v) is 5.64. The monoisotopic (exact) mass is 337 g/mol. The summed E-state index contributed by atoms with van der Waals surface area (Å²) in [7, 11) is 1.71. The van der Waals surface area contributed by atoms with Gasteiger partial charge in [-0.15, -0.1) is 0 Å². The van der Waals surface area contributed by atoms with E-state index in [4.69, 9.17) is 9.15 Å². The number of ether oxygens (including phenoxy) is 1. The number of furan rings is 1. The van der Waals surface area contributed by atoms with Gasteiger partial charge in [-0.05, 0) is 43.1 Å². The van der Waals surface area contributed by atoms with Gasteiger partial charge in [-0.1, -0.05) is 28.9 Å². The highest BCUT2D eigenvalue weighted by molar-refractivity contribution is 9.10. The van der Waals surface area contributed by atoms with Crippen molar-refractivity contribution in [2.75, 3.05) is 13.7 Å². The van der Waals surface area contributed by atoms with Gasteiger partial charge >= 0.3 is 0 Å². The van der Waals surface area contributed by atoms with Crippen LogP contribution in [0, 0.1) is 0 Å². The van der Waals surface area contributed by atoms with E-state index in [1.165, 1.54) is 11.1 Å². The van der Waals surface area contributed by atoms with Gasteiger partial charge in [0.15, 0.2) is 0 Å². The first-order valence-corrected chi connectivity index (χ1v) is 7.61. The van der Waals surface area contributed by atoms with Gasteiger partial charge in [0, 0.05) is 16.1 Å². The quantitative estimate of drug-likeness (QED) is 0.816. The first-order chi connectivity index (χ1) is 9.74. The minimum Gasteiger partial charge on any atom is -0.496 e. The molecule has 0 radical (unpaired) electrons. The normalized spacial score (nSPS) is 12.3. The Kier molecular flexibility index (Phi) is 5.68.